The van der Waals surface area contributed by atoms with Crippen LogP contribution in [0.1, 0.15) is 17.4 Å². The number of carbonyl (C=O) groups is 2. The van der Waals surface area contributed by atoms with Crippen LogP contribution in [0.5, 0.6) is 0 Å². The maximum Gasteiger partial charge on any atom is 0.270 e. The van der Waals surface area contributed by atoms with Gasteiger partial charge in [-0.1, -0.05) is 23.7 Å². The Morgan fingerprint density at radius 2 is 1.87 bits per heavy atom. The highest BCUT2D eigenvalue weighted by Crippen LogP contribution is 2.34. The van der Waals surface area contributed by atoms with Crippen LogP contribution in [0.15, 0.2) is 36.7 Å². The first-order chi connectivity index (χ1) is 14.8. The number of halogens is 2. The van der Waals surface area contributed by atoms with Gasteiger partial charge in [0.05, 0.1) is 10.7 Å². The molecule has 3 heterocycles. The second kappa shape index (κ2) is 8.35. The van der Waals surface area contributed by atoms with E-state index in [4.69, 9.17) is 17.3 Å². The number of aromatic nitrogens is 3. The maximum absolute atomic E-state index is 14.6. The predicted molar refractivity (Wildman–Crippen MR) is 115 cm³/mol. The fourth-order valence-corrected chi connectivity index (χ4v) is 3.75. The molecule has 0 atom stereocenters. The molecule has 10 heteroatoms. The van der Waals surface area contributed by atoms with Gasteiger partial charge in [0.15, 0.2) is 0 Å². The van der Waals surface area contributed by atoms with E-state index in [2.05, 4.69) is 15.0 Å². The van der Waals surface area contributed by atoms with E-state index in [-0.39, 0.29) is 28.3 Å². The summed E-state index contributed by atoms with van der Waals surface area (Å²) in [6.45, 7) is 3.41. The zero-order valence-electron chi connectivity index (χ0n) is 16.7. The largest absolute Gasteiger partial charge is 0.368 e. The average molecular weight is 443 g/mol. The number of carbonyl (C=O) groups excluding carboxylic acids is 2. The number of rotatable bonds is 3. The van der Waals surface area contributed by atoms with E-state index >= 15 is 0 Å². The molecule has 2 amide bonds. The lowest BCUT2D eigenvalue weighted by Crippen LogP contribution is -2.50. The summed E-state index contributed by atoms with van der Waals surface area (Å²) in [7, 11) is 0. The molecule has 0 radical (unpaired) electrons. The Kier molecular flexibility index (Phi) is 5.60. The van der Waals surface area contributed by atoms with Crippen LogP contribution in [0.2, 0.25) is 5.02 Å². The third-order valence-electron chi connectivity index (χ3n) is 5.25. The molecule has 0 spiro atoms. The normalized spacial score (nSPS) is 14.0. The fourth-order valence-electron chi connectivity index (χ4n) is 3.57. The number of anilines is 1. The molecule has 1 aliphatic rings. The van der Waals surface area contributed by atoms with E-state index < -0.39 is 5.82 Å². The number of hydrogen-bond donors (Lipinski definition) is 2. The molecule has 2 aromatic heterocycles. The number of H-pyrrole nitrogens is 1. The van der Waals surface area contributed by atoms with Gasteiger partial charge in [-0.05, 0) is 12.1 Å². The highest BCUT2D eigenvalue weighted by Gasteiger charge is 2.25. The molecule has 8 nitrogen and oxygen atoms in total. The molecule has 1 saturated heterocycles. The average Bonchev–Trinajstić information content (AvgIpc) is 3.25. The van der Waals surface area contributed by atoms with Crippen molar-refractivity contribution in [1.82, 2.24) is 24.8 Å². The number of nitrogen functional groups attached to an aromatic ring is 1. The highest BCUT2D eigenvalue weighted by atomic mass is 35.5. The van der Waals surface area contributed by atoms with Gasteiger partial charge in [0, 0.05) is 62.2 Å². The number of aromatic amines is 1. The lowest BCUT2D eigenvalue weighted by atomic mass is 10.0. The minimum atomic E-state index is -0.589. The SMILES string of the molecule is CC(=O)N1CCN(C(=O)c2cc(-c3nc(N)ncc3-c3cccc(Cl)c3F)c[nH]2)CC1. The maximum atomic E-state index is 14.6. The Balaban J connectivity index is 1.64. The van der Waals surface area contributed by atoms with E-state index in [0.717, 1.165) is 0 Å². The molecule has 160 valence electrons. The van der Waals surface area contributed by atoms with Crippen molar-refractivity contribution in [3.05, 3.63) is 53.2 Å². The quantitative estimate of drug-likeness (QED) is 0.648. The van der Waals surface area contributed by atoms with Crippen LogP contribution in [0.4, 0.5) is 10.3 Å². The van der Waals surface area contributed by atoms with Gasteiger partial charge >= 0.3 is 0 Å². The van der Waals surface area contributed by atoms with Crippen molar-refractivity contribution in [2.45, 2.75) is 6.92 Å². The standard InChI is InChI=1S/C21H20ClFN6O2/c1-12(30)28-5-7-29(8-6-28)20(31)17-9-13(10-25-17)19-15(11-26-21(24)27-19)14-3-2-4-16(22)18(14)23/h2-4,9-11,25H,5-8H2,1H3,(H2,24,26,27). The summed E-state index contributed by atoms with van der Waals surface area (Å²) in [6, 6.07) is 6.31. The van der Waals surface area contributed by atoms with Crippen molar-refractivity contribution >= 4 is 29.4 Å². The number of nitrogens with one attached hydrogen (secondary N) is 1. The van der Waals surface area contributed by atoms with E-state index in [0.29, 0.717) is 48.7 Å². The van der Waals surface area contributed by atoms with Crippen molar-refractivity contribution in [3.63, 3.8) is 0 Å². The van der Waals surface area contributed by atoms with Crippen LogP contribution < -0.4 is 5.73 Å². The molecule has 1 aromatic carbocycles. The number of hydrogen-bond acceptors (Lipinski definition) is 5. The summed E-state index contributed by atoms with van der Waals surface area (Å²) in [5.41, 5.74) is 7.72. The molecule has 3 aromatic rings. The Morgan fingerprint density at radius 3 is 2.58 bits per heavy atom. The van der Waals surface area contributed by atoms with Crippen LogP contribution in [0.3, 0.4) is 0 Å². The second-order valence-electron chi connectivity index (χ2n) is 7.19. The Bertz CT molecular complexity index is 1160. The van der Waals surface area contributed by atoms with Crippen LogP contribution in [-0.2, 0) is 4.79 Å². The molecule has 0 saturated carbocycles. The van der Waals surface area contributed by atoms with Crippen molar-refractivity contribution in [3.8, 4) is 22.4 Å². The Labute approximate surface area is 182 Å². The lowest BCUT2D eigenvalue weighted by molar-refractivity contribution is -0.130. The van der Waals surface area contributed by atoms with Crippen molar-refractivity contribution < 1.29 is 14.0 Å². The second-order valence-corrected chi connectivity index (χ2v) is 7.60. The zero-order valence-corrected chi connectivity index (χ0v) is 17.5. The number of nitrogens with two attached hydrogens (primary N) is 1. The van der Waals surface area contributed by atoms with E-state index in [1.54, 1.807) is 34.2 Å². The predicted octanol–water partition coefficient (Wildman–Crippen LogP) is 2.82. The first kappa shape index (κ1) is 20.8. The van der Waals surface area contributed by atoms with Crippen molar-refractivity contribution in [2.24, 2.45) is 0 Å². The number of nitrogens with zero attached hydrogens (tertiary/aromatic N) is 4. The molecule has 1 aliphatic heterocycles. The van der Waals surface area contributed by atoms with Gasteiger partial charge in [0.25, 0.3) is 5.91 Å². The third-order valence-corrected chi connectivity index (χ3v) is 5.54. The van der Waals surface area contributed by atoms with Gasteiger partial charge < -0.3 is 20.5 Å². The fraction of sp³-hybridized carbons (Fsp3) is 0.238. The molecule has 0 aliphatic carbocycles. The number of piperazine rings is 1. The summed E-state index contributed by atoms with van der Waals surface area (Å²) in [5, 5.41) is -0.0186. The number of amides is 2. The summed E-state index contributed by atoms with van der Waals surface area (Å²) in [4.78, 5) is 39.0. The molecule has 1 fully saturated rings. The van der Waals surface area contributed by atoms with Crippen LogP contribution >= 0.6 is 11.6 Å². The molecular formula is C21H20ClFN6O2. The van der Waals surface area contributed by atoms with E-state index in [1.165, 1.54) is 19.2 Å². The Hall–Kier alpha value is -3.46. The van der Waals surface area contributed by atoms with Crippen molar-refractivity contribution in [1.29, 1.82) is 0 Å². The number of benzene rings is 1. The monoisotopic (exact) mass is 442 g/mol. The van der Waals surface area contributed by atoms with Crippen molar-refractivity contribution in [2.75, 3.05) is 31.9 Å². The van der Waals surface area contributed by atoms with Crippen LogP contribution in [0, 0.1) is 5.82 Å². The molecule has 3 N–H and O–H groups in total. The van der Waals surface area contributed by atoms with E-state index in [9.17, 15) is 14.0 Å². The molecular weight excluding hydrogens is 423 g/mol. The minimum absolute atomic E-state index is 0.00335. The molecule has 0 bridgehead atoms. The zero-order chi connectivity index (χ0) is 22.1. The van der Waals surface area contributed by atoms with Gasteiger partial charge in [-0.3, -0.25) is 9.59 Å². The summed E-state index contributed by atoms with van der Waals surface area (Å²) >= 11 is 5.93. The first-order valence-corrected chi connectivity index (χ1v) is 10.0. The van der Waals surface area contributed by atoms with Gasteiger partial charge in [-0.2, -0.15) is 0 Å². The lowest BCUT2D eigenvalue weighted by Gasteiger charge is -2.33. The first-order valence-electron chi connectivity index (χ1n) is 9.65. The minimum Gasteiger partial charge on any atom is -0.368 e. The van der Waals surface area contributed by atoms with Gasteiger partial charge in [0.1, 0.15) is 11.5 Å². The topological polar surface area (TPSA) is 108 Å². The van der Waals surface area contributed by atoms with Crippen LogP contribution in [0.25, 0.3) is 22.4 Å². The molecule has 0 unspecified atom stereocenters. The highest BCUT2D eigenvalue weighted by molar-refractivity contribution is 6.31. The molecule has 31 heavy (non-hydrogen) atoms. The van der Waals surface area contributed by atoms with Gasteiger partial charge in [0.2, 0.25) is 11.9 Å². The van der Waals surface area contributed by atoms with Gasteiger partial charge in [-0.25, -0.2) is 14.4 Å². The summed E-state index contributed by atoms with van der Waals surface area (Å²) in [6.07, 6.45) is 3.05. The third kappa shape index (κ3) is 4.09. The summed E-state index contributed by atoms with van der Waals surface area (Å²) in [5.74, 6) is -0.757. The smallest absolute Gasteiger partial charge is 0.270 e. The van der Waals surface area contributed by atoms with Gasteiger partial charge in [-0.15, -0.1) is 0 Å². The van der Waals surface area contributed by atoms with E-state index in [1.807, 2.05) is 0 Å². The Morgan fingerprint density at radius 1 is 1.16 bits per heavy atom. The van der Waals surface area contributed by atoms with Crippen LogP contribution in [-0.4, -0.2) is 62.7 Å². The summed E-state index contributed by atoms with van der Waals surface area (Å²) < 4.78 is 14.6. The molecule has 4 rings (SSSR count).